The van der Waals surface area contributed by atoms with Crippen LogP contribution < -0.4 is 11.1 Å². The Hall–Kier alpha value is -2.50. The van der Waals surface area contributed by atoms with Gasteiger partial charge < -0.3 is 15.6 Å². The summed E-state index contributed by atoms with van der Waals surface area (Å²) in [6.07, 6.45) is 0. The third kappa shape index (κ3) is 2.83. The average Bonchev–Trinajstić information content (AvgIpc) is 3.15. The third-order valence-electron chi connectivity index (χ3n) is 4.72. The molecule has 4 aromatic rings. The zero-order valence-corrected chi connectivity index (χ0v) is 16.0. The van der Waals surface area contributed by atoms with Crippen molar-refractivity contribution in [1.82, 2.24) is 9.88 Å². The molecule has 0 aliphatic rings. The smallest absolute Gasteiger partial charge is 0.268 e. The van der Waals surface area contributed by atoms with Crippen molar-refractivity contribution in [3.8, 4) is 0 Å². The molecule has 0 saturated heterocycles. The SMILES string of the molecule is CC(NC(=O)c1cc2ccc(Cl)cc2n1C)c1ccc2scc(N)c2c1. The average molecular weight is 384 g/mol. The van der Waals surface area contributed by atoms with Gasteiger partial charge in [-0.25, -0.2) is 0 Å². The zero-order valence-electron chi connectivity index (χ0n) is 14.4. The van der Waals surface area contributed by atoms with Gasteiger partial charge in [0.05, 0.1) is 11.7 Å². The number of amides is 1. The summed E-state index contributed by atoms with van der Waals surface area (Å²) < 4.78 is 3.01. The van der Waals surface area contributed by atoms with Gasteiger partial charge in [0.15, 0.2) is 0 Å². The number of halogens is 1. The highest BCUT2D eigenvalue weighted by Crippen LogP contribution is 2.30. The Balaban J connectivity index is 1.62. The minimum atomic E-state index is -0.132. The van der Waals surface area contributed by atoms with Crippen molar-refractivity contribution in [2.45, 2.75) is 13.0 Å². The molecule has 3 N–H and O–H groups in total. The molecule has 0 fully saturated rings. The summed E-state index contributed by atoms with van der Waals surface area (Å²) in [5.41, 5.74) is 9.36. The molecule has 2 aromatic heterocycles. The number of fused-ring (bicyclic) bond motifs is 2. The van der Waals surface area contributed by atoms with Crippen LogP contribution in [0.25, 0.3) is 21.0 Å². The summed E-state index contributed by atoms with van der Waals surface area (Å²) >= 11 is 7.70. The maximum absolute atomic E-state index is 12.8. The highest BCUT2D eigenvalue weighted by atomic mass is 35.5. The molecule has 0 radical (unpaired) electrons. The van der Waals surface area contributed by atoms with E-state index in [1.165, 1.54) is 0 Å². The molecule has 2 aromatic carbocycles. The number of nitrogens with two attached hydrogens (primary N) is 1. The first kappa shape index (κ1) is 16.9. The van der Waals surface area contributed by atoms with Crippen LogP contribution in [0, 0.1) is 0 Å². The predicted molar refractivity (Wildman–Crippen MR) is 110 cm³/mol. The van der Waals surface area contributed by atoms with Crippen molar-refractivity contribution in [2.24, 2.45) is 7.05 Å². The van der Waals surface area contributed by atoms with Gasteiger partial charge in [0.2, 0.25) is 0 Å². The Morgan fingerprint density at radius 1 is 1.23 bits per heavy atom. The van der Waals surface area contributed by atoms with Crippen molar-refractivity contribution in [3.05, 3.63) is 64.1 Å². The molecule has 0 bridgehead atoms. The first-order valence-corrected chi connectivity index (χ1v) is 9.52. The van der Waals surface area contributed by atoms with E-state index in [-0.39, 0.29) is 11.9 Å². The van der Waals surface area contributed by atoms with Gasteiger partial charge in [-0.05, 0) is 42.8 Å². The number of hydrogen-bond donors (Lipinski definition) is 2. The molecule has 1 atom stereocenters. The number of rotatable bonds is 3. The lowest BCUT2D eigenvalue weighted by Crippen LogP contribution is -2.28. The van der Waals surface area contributed by atoms with Crippen LogP contribution in [0.3, 0.4) is 0 Å². The number of aryl methyl sites for hydroxylation is 1. The molecule has 0 aliphatic heterocycles. The minimum Gasteiger partial charge on any atom is -0.398 e. The quantitative estimate of drug-likeness (QED) is 0.515. The summed E-state index contributed by atoms with van der Waals surface area (Å²) in [4.78, 5) is 12.8. The molecule has 2 heterocycles. The van der Waals surface area contributed by atoms with Crippen LogP contribution in [0.1, 0.15) is 29.0 Å². The Morgan fingerprint density at radius 3 is 2.85 bits per heavy atom. The summed E-state index contributed by atoms with van der Waals surface area (Å²) in [5.74, 6) is -0.120. The van der Waals surface area contributed by atoms with E-state index in [1.54, 1.807) is 11.3 Å². The maximum Gasteiger partial charge on any atom is 0.268 e. The van der Waals surface area contributed by atoms with Crippen molar-refractivity contribution in [1.29, 1.82) is 0 Å². The molecular weight excluding hydrogens is 366 g/mol. The minimum absolute atomic E-state index is 0.120. The fourth-order valence-corrected chi connectivity index (χ4v) is 4.21. The Labute approximate surface area is 160 Å². The fourth-order valence-electron chi connectivity index (χ4n) is 3.21. The molecule has 0 saturated carbocycles. The van der Waals surface area contributed by atoms with Crippen LogP contribution in [-0.2, 0) is 7.05 Å². The third-order valence-corrected chi connectivity index (χ3v) is 5.93. The van der Waals surface area contributed by atoms with Gasteiger partial charge in [-0.2, -0.15) is 0 Å². The number of nitrogens with one attached hydrogen (secondary N) is 1. The number of thiophene rings is 1. The van der Waals surface area contributed by atoms with E-state index in [1.807, 2.05) is 66.4 Å². The number of carbonyl (C=O) groups excluding carboxylic acids is 1. The Morgan fingerprint density at radius 2 is 2.04 bits per heavy atom. The number of nitrogens with zero attached hydrogens (tertiary/aromatic N) is 1. The molecule has 1 unspecified atom stereocenters. The van der Waals surface area contributed by atoms with Crippen molar-refractivity contribution in [3.63, 3.8) is 0 Å². The number of nitrogen functional groups attached to an aromatic ring is 1. The highest BCUT2D eigenvalue weighted by Gasteiger charge is 2.17. The Bertz CT molecular complexity index is 1140. The van der Waals surface area contributed by atoms with E-state index in [4.69, 9.17) is 17.3 Å². The largest absolute Gasteiger partial charge is 0.398 e. The van der Waals surface area contributed by atoms with E-state index < -0.39 is 0 Å². The Kier molecular flexibility index (Phi) is 4.13. The van der Waals surface area contributed by atoms with Gasteiger partial charge in [0.1, 0.15) is 5.69 Å². The number of benzene rings is 2. The molecule has 0 spiro atoms. The molecule has 0 aliphatic carbocycles. The van der Waals surface area contributed by atoms with E-state index in [0.29, 0.717) is 10.7 Å². The van der Waals surface area contributed by atoms with Crippen molar-refractivity contribution < 1.29 is 4.79 Å². The van der Waals surface area contributed by atoms with E-state index >= 15 is 0 Å². The van der Waals surface area contributed by atoms with Gasteiger partial charge in [-0.15, -0.1) is 11.3 Å². The van der Waals surface area contributed by atoms with Crippen LogP contribution >= 0.6 is 22.9 Å². The summed E-state index contributed by atoms with van der Waals surface area (Å²) in [5, 5.41) is 7.69. The second kappa shape index (κ2) is 6.34. The van der Waals surface area contributed by atoms with Gasteiger partial charge in [0.25, 0.3) is 5.91 Å². The predicted octanol–water partition coefficient (Wildman–Crippen LogP) is 5.12. The van der Waals surface area contributed by atoms with Gasteiger partial charge >= 0.3 is 0 Å². The summed E-state index contributed by atoms with van der Waals surface area (Å²) in [7, 11) is 1.87. The normalized spacial score (nSPS) is 12.6. The van der Waals surface area contributed by atoms with Gasteiger partial charge in [-0.1, -0.05) is 23.7 Å². The number of carbonyl (C=O) groups is 1. The van der Waals surface area contributed by atoms with Crippen molar-refractivity contribution in [2.75, 3.05) is 5.73 Å². The molecule has 26 heavy (non-hydrogen) atoms. The lowest BCUT2D eigenvalue weighted by molar-refractivity contribution is 0.0932. The van der Waals surface area contributed by atoms with Crippen molar-refractivity contribution >= 4 is 55.5 Å². The molecule has 1 amide bonds. The lowest BCUT2D eigenvalue weighted by atomic mass is 10.1. The molecule has 4 rings (SSSR count). The first-order chi connectivity index (χ1) is 12.4. The summed E-state index contributed by atoms with van der Waals surface area (Å²) in [6.45, 7) is 1.97. The number of aromatic nitrogens is 1. The van der Waals surface area contributed by atoms with Crippen LogP contribution in [-0.4, -0.2) is 10.5 Å². The monoisotopic (exact) mass is 383 g/mol. The number of hydrogen-bond acceptors (Lipinski definition) is 3. The first-order valence-electron chi connectivity index (χ1n) is 8.26. The molecular formula is C20H18ClN3OS. The zero-order chi connectivity index (χ0) is 18.4. The molecule has 4 nitrogen and oxygen atoms in total. The van der Waals surface area contributed by atoms with Gasteiger partial charge in [-0.3, -0.25) is 4.79 Å². The highest BCUT2D eigenvalue weighted by molar-refractivity contribution is 7.17. The van der Waals surface area contributed by atoms with E-state index in [0.717, 1.165) is 32.2 Å². The molecule has 6 heteroatoms. The van der Waals surface area contributed by atoms with E-state index in [2.05, 4.69) is 5.32 Å². The van der Waals surface area contributed by atoms with Gasteiger partial charge in [0, 0.05) is 38.4 Å². The van der Waals surface area contributed by atoms with Crippen LogP contribution in [0.5, 0.6) is 0 Å². The topological polar surface area (TPSA) is 60.0 Å². The second-order valence-electron chi connectivity index (χ2n) is 6.43. The maximum atomic E-state index is 12.8. The fraction of sp³-hybridized carbons (Fsp3) is 0.150. The number of anilines is 1. The molecule has 132 valence electrons. The lowest BCUT2D eigenvalue weighted by Gasteiger charge is -2.15. The van der Waals surface area contributed by atoms with Crippen LogP contribution in [0.4, 0.5) is 5.69 Å². The summed E-state index contributed by atoms with van der Waals surface area (Å²) in [6, 6.07) is 13.5. The van der Waals surface area contributed by atoms with Crippen LogP contribution in [0.15, 0.2) is 47.8 Å². The van der Waals surface area contributed by atoms with E-state index in [9.17, 15) is 4.79 Å². The second-order valence-corrected chi connectivity index (χ2v) is 7.78. The van der Waals surface area contributed by atoms with Crippen LogP contribution in [0.2, 0.25) is 5.02 Å². The standard InChI is InChI=1S/C20H18ClN3OS/c1-11(12-4-6-19-15(7-12)16(22)10-26-19)23-20(25)18-8-13-3-5-14(21)9-17(13)24(18)2/h3-11H,22H2,1-2H3,(H,23,25).